The average Bonchev–Trinajstić information content (AvgIpc) is 2.31. The summed E-state index contributed by atoms with van der Waals surface area (Å²) < 4.78 is 0. The normalized spacial score (nSPS) is 17.6. The lowest BCUT2D eigenvalue weighted by Gasteiger charge is -2.06. The third-order valence-electron chi connectivity index (χ3n) is 2.47. The van der Waals surface area contributed by atoms with E-state index in [4.69, 9.17) is 0 Å². The summed E-state index contributed by atoms with van der Waals surface area (Å²) in [4.78, 5) is 14.3. The smallest absolute Gasteiger partial charge is 0.269 e. The van der Waals surface area contributed by atoms with Gasteiger partial charge in [-0.25, -0.2) is 0 Å². The van der Waals surface area contributed by atoms with Gasteiger partial charge < -0.3 is 0 Å². The number of nitro benzene ring substituents is 1. The van der Waals surface area contributed by atoms with E-state index in [1.54, 1.807) is 12.1 Å². The van der Waals surface area contributed by atoms with Crippen molar-refractivity contribution in [1.29, 1.82) is 0 Å². The van der Waals surface area contributed by atoms with Crippen LogP contribution in [-0.4, -0.2) is 17.7 Å². The Morgan fingerprint density at radius 1 is 1.31 bits per heavy atom. The molecule has 1 aliphatic rings. The van der Waals surface area contributed by atoms with Gasteiger partial charge in [0.05, 0.1) is 4.92 Å². The van der Waals surface area contributed by atoms with E-state index >= 15 is 0 Å². The van der Waals surface area contributed by atoms with Crippen LogP contribution in [0.1, 0.15) is 18.4 Å². The standard InChI is InChI=1S/C12H12N2O2/c15-14(16)12-5-3-10(4-6-12)8-11-2-1-7-13-9-11/h3-6,8-9H,1-2,7H2. The summed E-state index contributed by atoms with van der Waals surface area (Å²) in [5.74, 6) is 0. The third-order valence-corrected chi connectivity index (χ3v) is 2.47. The number of benzene rings is 1. The molecule has 0 aromatic heterocycles. The van der Waals surface area contributed by atoms with Gasteiger partial charge in [0.15, 0.2) is 0 Å². The quantitative estimate of drug-likeness (QED) is 0.563. The first kappa shape index (κ1) is 10.5. The number of non-ortho nitro benzene ring substituents is 1. The lowest BCUT2D eigenvalue weighted by atomic mass is 10.1. The van der Waals surface area contributed by atoms with Gasteiger partial charge in [-0.1, -0.05) is 6.08 Å². The van der Waals surface area contributed by atoms with Crippen molar-refractivity contribution in [2.75, 3.05) is 6.54 Å². The van der Waals surface area contributed by atoms with Gasteiger partial charge >= 0.3 is 0 Å². The van der Waals surface area contributed by atoms with Crippen molar-refractivity contribution in [2.24, 2.45) is 4.99 Å². The predicted molar refractivity (Wildman–Crippen MR) is 63.7 cm³/mol. The minimum absolute atomic E-state index is 0.125. The molecule has 1 heterocycles. The van der Waals surface area contributed by atoms with Crippen LogP contribution in [0.2, 0.25) is 0 Å². The van der Waals surface area contributed by atoms with Crippen LogP contribution in [0.15, 0.2) is 34.8 Å². The first-order valence-electron chi connectivity index (χ1n) is 5.20. The van der Waals surface area contributed by atoms with Crippen LogP contribution in [0, 0.1) is 10.1 Å². The van der Waals surface area contributed by atoms with E-state index in [2.05, 4.69) is 4.99 Å². The van der Waals surface area contributed by atoms with Gasteiger partial charge in [-0.15, -0.1) is 0 Å². The summed E-state index contributed by atoms with van der Waals surface area (Å²) in [6, 6.07) is 6.56. The fraction of sp³-hybridized carbons (Fsp3) is 0.250. The first-order chi connectivity index (χ1) is 7.75. The average molecular weight is 216 g/mol. The molecule has 4 heteroatoms. The molecule has 1 aromatic carbocycles. The predicted octanol–water partition coefficient (Wildman–Crippen LogP) is 2.84. The van der Waals surface area contributed by atoms with Gasteiger partial charge in [-0.3, -0.25) is 15.1 Å². The van der Waals surface area contributed by atoms with E-state index in [9.17, 15) is 10.1 Å². The fourth-order valence-electron chi connectivity index (χ4n) is 1.64. The SMILES string of the molecule is O=[N+]([O-])c1ccc(C=C2C=NCCC2)cc1. The molecule has 4 nitrogen and oxygen atoms in total. The van der Waals surface area contributed by atoms with Gasteiger partial charge in [-0.05, 0) is 36.1 Å². The topological polar surface area (TPSA) is 55.5 Å². The number of hydrogen-bond donors (Lipinski definition) is 0. The maximum absolute atomic E-state index is 10.5. The summed E-state index contributed by atoms with van der Waals surface area (Å²) >= 11 is 0. The number of allylic oxidation sites excluding steroid dienone is 1. The first-order valence-corrected chi connectivity index (χ1v) is 5.20. The van der Waals surface area contributed by atoms with Crippen LogP contribution in [-0.2, 0) is 0 Å². The highest BCUT2D eigenvalue weighted by atomic mass is 16.6. The summed E-state index contributed by atoms with van der Waals surface area (Å²) in [5, 5.41) is 10.5. The van der Waals surface area contributed by atoms with Crippen LogP contribution in [0.4, 0.5) is 5.69 Å². The van der Waals surface area contributed by atoms with Crippen molar-refractivity contribution in [3.8, 4) is 0 Å². The summed E-state index contributed by atoms with van der Waals surface area (Å²) in [6.07, 6.45) is 6.01. The monoisotopic (exact) mass is 216 g/mol. The highest BCUT2D eigenvalue weighted by molar-refractivity contribution is 5.86. The van der Waals surface area contributed by atoms with E-state index in [1.807, 2.05) is 12.3 Å². The van der Waals surface area contributed by atoms with Crippen LogP contribution in [0.3, 0.4) is 0 Å². The Labute approximate surface area is 93.5 Å². The number of nitro groups is 1. The Balaban J connectivity index is 2.18. The molecule has 1 aromatic rings. The van der Waals surface area contributed by atoms with E-state index in [1.165, 1.54) is 17.7 Å². The largest absolute Gasteiger partial charge is 0.293 e. The second kappa shape index (κ2) is 4.70. The molecule has 0 saturated heterocycles. The van der Waals surface area contributed by atoms with Crippen LogP contribution >= 0.6 is 0 Å². The zero-order chi connectivity index (χ0) is 11.4. The second-order valence-corrected chi connectivity index (χ2v) is 3.71. The van der Waals surface area contributed by atoms with Crippen molar-refractivity contribution in [1.82, 2.24) is 0 Å². The molecule has 0 bridgehead atoms. The van der Waals surface area contributed by atoms with Gasteiger partial charge in [0.1, 0.15) is 0 Å². The van der Waals surface area contributed by atoms with Crippen LogP contribution in [0.25, 0.3) is 6.08 Å². The molecule has 0 N–H and O–H groups in total. The molecule has 0 radical (unpaired) electrons. The molecule has 0 unspecified atom stereocenters. The minimum atomic E-state index is -0.390. The van der Waals surface area contributed by atoms with Crippen LogP contribution < -0.4 is 0 Å². The summed E-state index contributed by atoms with van der Waals surface area (Å²) in [7, 11) is 0. The van der Waals surface area contributed by atoms with Crippen molar-refractivity contribution < 1.29 is 4.92 Å². The van der Waals surface area contributed by atoms with Gasteiger partial charge in [-0.2, -0.15) is 0 Å². The lowest BCUT2D eigenvalue weighted by molar-refractivity contribution is -0.384. The summed E-state index contributed by atoms with van der Waals surface area (Å²) in [5.41, 5.74) is 2.29. The molecule has 1 aliphatic heterocycles. The van der Waals surface area contributed by atoms with Gasteiger partial charge in [0.2, 0.25) is 0 Å². The second-order valence-electron chi connectivity index (χ2n) is 3.71. The van der Waals surface area contributed by atoms with Crippen molar-refractivity contribution in [3.05, 3.63) is 45.5 Å². The maximum atomic E-state index is 10.5. The molecule has 16 heavy (non-hydrogen) atoms. The molecule has 0 atom stereocenters. The molecule has 0 spiro atoms. The molecule has 0 aliphatic carbocycles. The van der Waals surface area contributed by atoms with Crippen molar-refractivity contribution in [2.45, 2.75) is 12.8 Å². The molecule has 0 amide bonds. The lowest BCUT2D eigenvalue weighted by Crippen LogP contribution is -1.96. The highest BCUT2D eigenvalue weighted by Gasteiger charge is 2.04. The number of nitrogens with zero attached hydrogens (tertiary/aromatic N) is 2. The third kappa shape index (κ3) is 2.53. The highest BCUT2D eigenvalue weighted by Crippen LogP contribution is 2.16. The van der Waals surface area contributed by atoms with Crippen molar-refractivity contribution >= 4 is 18.0 Å². The Kier molecular flexibility index (Phi) is 3.10. The minimum Gasteiger partial charge on any atom is -0.293 e. The Morgan fingerprint density at radius 2 is 2.06 bits per heavy atom. The summed E-state index contributed by atoms with van der Waals surface area (Å²) in [6.45, 7) is 0.900. The van der Waals surface area contributed by atoms with Crippen LogP contribution in [0.5, 0.6) is 0 Å². The number of hydrogen-bond acceptors (Lipinski definition) is 3. The van der Waals surface area contributed by atoms with Crippen molar-refractivity contribution in [3.63, 3.8) is 0 Å². The van der Waals surface area contributed by atoms with E-state index in [-0.39, 0.29) is 10.6 Å². The van der Waals surface area contributed by atoms with E-state index in [0.29, 0.717) is 0 Å². The number of rotatable bonds is 2. The maximum Gasteiger partial charge on any atom is 0.269 e. The molecule has 82 valence electrons. The number of aliphatic imine (C=N–C) groups is 1. The molecule has 0 fully saturated rings. The molecular weight excluding hydrogens is 204 g/mol. The Hall–Kier alpha value is -1.97. The zero-order valence-corrected chi connectivity index (χ0v) is 8.80. The Bertz CT molecular complexity index is 447. The van der Waals surface area contributed by atoms with Gasteiger partial charge in [0.25, 0.3) is 5.69 Å². The van der Waals surface area contributed by atoms with Gasteiger partial charge in [0, 0.05) is 24.9 Å². The fourth-order valence-corrected chi connectivity index (χ4v) is 1.64. The zero-order valence-electron chi connectivity index (χ0n) is 8.80. The molecule has 2 rings (SSSR count). The Morgan fingerprint density at radius 3 is 2.62 bits per heavy atom. The van der Waals surface area contributed by atoms with E-state index < -0.39 is 0 Å². The molecule has 0 saturated carbocycles. The van der Waals surface area contributed by atoms with E-state index in [0.717, 1.165) is 24.9 Å². The molecular formula is C12H12N2O2.